The fourth-order valence-corrected chi connectivity index (χ4v) is 3.33. The smallest absolute Gasteiger partial charge is 0.161 e. The molecule has 0 saturated heterocycles. The highest BCUT2D eigenvalue weighted by molar-refractivity contribution is 5.80. The second-order valence-corrected chi connectivity index (χ2v) is 8.61. The van der Waals surface area contributed by atoms with Crippen molar-refractivity contribution in [1.82, 2.24) is 0 Å². The molecule has 0 unspecified atom stereocenters. The molecule has 188 valence electrons. The lowest BCUT2D eigenvalue weighted by Gasteiger charge is -2.17. The summed E-state index contributed by atoms with van der Waals surface area (Å²) >= 11 is 0. The lowest BCUT2D eigenvalue weighted by molar-refractivity contribution is 0.261. The van der Waals surface area contributed by atoms with E-state index in [0.29, 0.717) is 26.4 Å². The fourth-order valence-electron chi connectivity index (χ4n) is 3.33. The monoisotopic (exact) mass is 468 g/mol. The van der Waals surface area contributed by atoms with Crippen LogP contribution in [0, 0.1) is 0 Å². The summed E-state index contributed by atoms with van der Waals surface area (Å²) in [6, 6.07) is 12.2. The Bertz CT molecular complexity index is 789. The first-order valence-electron chi connectivity index (χ1n) is 13.1. The quantitative estimate of drug-likeness (QED) is 0.206. The fraction of sp³-hybridized carbons (Fsp3) is 0.533. The van der Waals surface area contributed by atoms with Crippen LogP contribution >= 0.6 is 0 Å². The number of rotatable bonds is 18. The van der Waals surface area contributed by atoms with E-state index >= 15 is 0 Å². The van der Waals surface area contributed by atoms with E-state index in [9.17, 15) is 0 Å². The summed E-state index contributed by atoms with van der Waals surface area (Å²) in [5, 5.41) is 0. The van der Waals surface area contributed by atoms with E-state index in [1.807, 2.05) is 24.3 Å². The summed E-state index contributed by atoms with van der Waals surface area (Å²) in [6.45, 7) is 15.8. The summed E-state index contributed by atoms with van der Waals surface area (Å²) in [7, 11) is 0. The molecular formula is C30H44O4. The highest BCUT2D eigenvalue weighted by Crippen LogP contribution is 2.36. The highest BCUT2D eigenvalue weighted by atomic mass is 16.5. The number of hydrogen-bond donors (Lipinski definition) is 0. The van der Waals surface area contributed by atoms with Crippen LogP contribution in [0.25, 0.3) is 5.57 Å². The minimum absolute atomic E-state index is 0.676. The third-order valence-electron chi connectivity index (χ3n) is 5.61. The minimum Gasteiger partial charge on any atom is -0.490 e. The molecule has 0 radical (unpaired) electrons. The van der Waals surface area contributed by atoms with Gasteiger partial charge in [0.25, 0.3) is 0 Å². The maximum Gasteiger partial charge on any atom is 0.161 e. The molecule has 34 heavy (non-hydrogen) atoms. The molecule has 2 rings (SSSR count). The van der Waals surface area contributed by atoms with Gasteiger partial charge in [0, 0.05) is 0 Å². The lowest BCUT2D eigenvalue weighted by Crippen LogP contribution is -2.04. The molecule has 0 spiro atoms. The molecule has 0 bridgehead atoms. The topological polar surface area (TPSA) is 36.9 Å². The van der Waals surface area contributed by atoms with Crippen LogP contribution < -0.4 is 18.9 Å². The van der Waals surface area contributed by atoms with Gasteiger partial charge in [-0.1, -0.05) is 72.1 Å². The molecule has 0 atom stereocenters. The average Bonchev–Trinajstić information content (AvgIpc) is 2.85. The number of ether oxygens (including phenoxy) is 4. The molecule has 4 nitrogen and oxygen atoms in total. The lowest BCUT2D eigenvalue weighted by atomic mass is 9.98. The zero-order valence-corrected chi connectivity index (χ0v) is 21.8. The Morgan fingerprint density at radius 1 is 0.529 bits per heavy atom. The molecule has 0 aliphatic carbocycles. The number of hydrogen-bond acceptors (Lipinski definition) is 4. The summed E-state index contributed by atoms with van der Waals surface area (Å²) in [6.07, 6.45) is 8.45. The first-order valence-corrected chi connectivity index (χ1v) is 13.1. The van der Waals surface area contributed by atoms with Gasteiger partial charge in [-0.15, -0.1) is 0 Å². The summed E-state index contributed by atoms with van der Waals surface area (Å²) < 4.78 is 24.2. The Morgan fingerprint density at radius 3 is 1.18 bits per heavy atom. The second kappa shape index (κ2) is 16.1. The summed E-state index contributed by atoms with van der Waals surface area (Å²) in [5.74, 6) is 3.15. The molecule has 2 aromatic rings. The van der Waals surface area contributed by atoms with Gasteiger partial charge in [0.05, 0.1) is 26.4 Å². The van der Waals surface area contributed by atoms with Gasteiger partial charge in [-0.25, -0.2) is 0 Å². The van der Waals surface area contributed by atoms with Gasteiger partial charge < -0.3 is 18.9 Å². The van der Waals surface area contributed by atoms with Gasteiger partial charge in [0.2, 0.25) is 0 Å². The summed E-state index contributed by atoms with van der Waals surface area (Å²) in [4.78, 5) is 0. The zero-order chi connectivity index (χ0) is 24.6. The van der Waals surface area contributed by atoms with E-state index in [1.165, 1.54) is 0 Å². The SMILES string of the molecule is C=C(c1ccc(OCCCC)c(OCCCC)c1)c1ccc(OCCCC)c(OCCCC)c1. The Hall–Kier alpha value is -2.62. The molecule has 4 heteroatoms. The van der Waals surface area contributed by atoms with Crippen molar-refractivity contribution in [1.29, 1.82) is 0 Å². The van der Waals surface area contributed by atoms with Crippen LogP contribution in [-0.4, -0.2) is 26.4 Å². The van der Waals surface area contributed by atoms with Crippen molar-refractivity contribution in [3.05, 3.63) is 54.1 Å². The predicted octanol–water partition coefficient (Wildman–Crippen LogP) is 8.46. The molecule has 0 aromatic heterocycles. The van der Waals surface area contributed by atoms with Crippen molar-refractivity contribution in [2.45, 2.75) is 79.1 Å². The van der Waals surface area contributed by atoms with Gasteiger partial charge in [-0.3, -0.25) is 0 Å². The maximum absolute atomic E-state index is 6.09. The Balaban J connectivity index is 2.26. The van der Waals surface area contributed by atoms with Crippen LogP contribution in [0.2, 0.25) is 0 Å². The van der Waals surface area contributed by atoms with Crippen molar-refractivity contribution in [2.24, 2.45) is 0 Å². The van der Waals surface area contributed by atoms with E-state index < -0.39 is 0 Å². The van der Waals surface area contributed by atoms with E-state index in [-0.39, 0.29) is 0 Å². The van der Waals surface area contributed by atoms with E-state index in [2.05, 4.69) is 46.4 Å². The molecule has 0 heterocycles. The largest absolute Gasteiger partial charge is 0.490 e. The van der Waals surface area contributed by atoms with Crippen LogP contribution in [0.3, 0.4) is 0 Å². The van der Waals surface area contributed by atoms with E-state index in [4.69, 9.17) is 18.9 Å². The second-order valence-electron chi connectivity index (χ2n) is 8.61. The van der Waals surface area contributed by atoms with E-state index in [0.717, 1.165) is 91.1 Å². The summed E-state index contributed by atoms with van der Waals surface area (Å²) in [5.41, 5.74) is 2.93. The van der Waals surface area contributed by atoms with Crippen molar-refractivity contribution >= 4 is 5.57 Å². The molecular weight excluding hydrogens is 424 g/mol. The van der Waals surface area contributed by atoms with Gasteiger partial charge in [0.1, 0.15) is 0 Å². The van der Waals surface area contributed by atoms with Gasteiger partial charge in [-0.05, 0) is 66.6 Å². The number of benzene rings is 2. The number of unbranched alkanes of at least 4 members (excludes halogenated alkanes) is 4. The van der Waals surface area contributed by atoms with Gasteiger partial charge >= 0.3 is 0 Å². The zero-order valence-electron chi connectivity index (χ0n) is 21.8. The van der Waals surface area contributed by atoms with Crippen LogP contribution in [-0.2, 0) is 0 Å². The van der Waals surface area contributed by atoms with Gasteiger partial charge in [0.15, 0.2) is 23.0 Å². The maximum atomic E-state index is 6.09. The van der Waals surface area contributed by atoms with Crippen LogP contribution in [0.15, 0.2) is 43.0 Å². The Morgan fingerprint density at radius 2 is 0.853 bits per heavy atom. The standard InChI is InChI=1S/C30H44O4/c1-6-10-18-31-27-16-14-25(22-29(27)33-20-12-8-3)24(5)26-15-17-28(32-19-11-7-2)30(23-26)34-21-13-9-4/h14-17,22-23H,5-13,18-21H2,1-4H3. The predicted molar refractivity (Wildman–Crippen MR) is 143 cm³/mol. The van der Waals surface area contributed by atoms with Gasteiger partial charge in [-0.2, -0.15) is 0 Å². The molecule has 0 fully saturated rings. The first-order chi connectivity index (χ1) is 16.6. The first kappa shape index (κ1) is 27.6. The molecule has 0 N–H and O–H groups in total. The normalized spacial score (nSPS) is 10.7. The van der Waals surface area contributed by atoms with Crippen molar-refractivity contribution < 1.29 is 18.9 Å². The highest BCUT2D eigenvalue weighted by Gasteiger charge is 2.13. The third kappa shape index (κ3) is 8.96. The molecule has 2 aromatic carbocycles. The van der Waals surface area contributed by atoms with Crippen molar-refractivity contribution in [2.75, 3.05) is 26.4 Å². The van der Waals surface area contributed by atoms with Crippen molar-refractivity contribution in [3.63, 3.8) is 0 Å². The molecule has 0 aliphatic heterocycles. The Kier molecular flexibility index (Phi) is 13.1. The average molecular weight is 469 g/mol. The van der Waals surface area contributed by atoms with E-state index in [1.54, 1.807) is 0 Å². The minimum atomic E-state index is 0.676. The van der Waals surface area contributed by atoms with Crippen molar-refractivity contribution in [3.8, 4) is 23.0 Å². The molecule has 0 saturated carbocycles. The molecule has 0 aliphatic rings. The van der Waals surface area contributed by atoms with Crippen LogP contribution in [0.5, 0.6) is 23.0 Å². The molecule has 0 amide bonds. The van der Waals surface area contributed by atoms with Crippen LogP contribution in [0.4, 0.5) is 0 Å². The third-order valence-corrected chi connectivity index (χ3v) is 5.61. The van der Waals surface area contributed by atoms with Crippen LogP contribution in [0.1, 0.15) is 90.2 Å². The Labute approximate surface area is 207 Å².